The van der Waals surface area contributed by atoms with Gasteiger partial charge in [0, 0.05) is 11.1 Å². The van der Waals surface area contributed by atoms with Gasteiger partial charge in [0.15, 0.2) is 11.4 Å². The first-order chi connectivity index (χ1) is 15.5. The fourth-order valence-corrected chi connectivity index (χ4v) is 4.09. The number of ether oxygens (including phenoxy) is 1. The second kappa shape index (κ2) is 7.53. The van der Waals surface area contributed by atoms with Crippen LogP contribution in [0.5, 0.6) is 0 Å². The van der Waals surface area contributed by atoms with E-state index in [9.17, 15) is 9.59 Å². The Labute approximate surface area is 184 Å². The molecule has 0 saturated heterocycles. The maximum absolute atomic E-state index is 12.7. The zero-order valence-corrected chi connectivity index (χ0v) is 17.9. The van der Waals surface area contributed by atoms with Crippen molar-refractivity contribution in [3.8, 4) is 16.9 Å². The monoisotopic (exact) mass is 424 g/mol. The van der Waals surface area contributed by atoms with Gasteiger partial charge in [-0.05, 0) is 38.5 Å². The second-order valence-electron chi connectivity index (χ2n) is 7.50. The van der Waals surface area contributed by atoms with Crippen LogP contribution in [0.15, 0.2) is 60.2 Å². The molecule has 0 saturated carbocycles. The summed E-state index contributed by atoms with van der Waals surface area (Å²) in [6, 6.07) is 17.3. The van der Waals surface area contributed by atoms with Crippen molar-refractivity contribution in [1.29, 1.82) is 0 Å². The highest BCUT2D eigenvalue weighted by molar-refractivity contribution is 6.25. The van der Waals surface area contributed by atoms with Gasteiger partial charge in [-0.25, -0.2) is 19.4 Å². The minimum Gasteiger partial charge on any atom is -0.462 e. The summed E-state index contributed by atoms with van der Waals surface area (Å²) in [5.41, 5.74) is 5.92. The third kappa shape index (κ3) is 2.93. The summed E-state index contributed by atoms with van der Waals surface area (Å²) >= 11 is 0. The molecule has 0 fully saturated rings. The molecule has 1 aliphatic carbocycles. The van der Waals surface area contributed by atoms with E-state index in [0.29, 0.717) is 33.8 Å². The smallest absolute Gasteiger partial charge is 0.342 e. The van der Waals surface area contributed by atoms with E-state index in [-0.39, 0.29) is 18.0 Å². The van der Waals surface area contributed by atoms with E-state index in [1.165, 1.54) is 6.92 Å². The predicted octanol–water partition coefficient (Wildman–Crippen LogP) is 4.06. The van der Waals surface area contributed by atoms with Crippen molar-refractivity contribution in [2.75, 3.05) is 6.61 Å². The van der Waals surface area contributed by atoms with Crippen LogP contribution < -0.4 is 0 Å². The van der Waals surface area contributed by atoms with Gasteiger partial charge < -0.3 is 4.74 Å². The fraction of sp³-hybridized carbons (Fsp3) is 0.160. The number of esters is 1. The highest BCUT2D eigenvalue weighted by Crippen LogP contribution is 2.45. The molecule has 0 spiro atoms. The molecule has 0 N–H and O–H groups in total. The topological polar surface area (TPSA) is 87.0 Å². The van der Waals surface area contributed by atoms with E-state index in [0.717, 1.165) is 16.8 Å². The molecule has 2 aromatic carbocycles. The molecule has 0 radical (unpaired) electrons. The van der Waals surface area contributed by atoms with Gasteiger partial charge in [-0.3, -0.25) is 4.79 Å². The number of carbonyl (C=O) groups excluding carboxylic acids is 2. The third-order valence-electron chi connectivity index (χ3n) is 5.44. The van der Waals surface area contributed by atoms with E-state index >= 15 is 0 Å². The van der Waals surface area contributed by atoms with Crippen LogP contribution in [0.2, 0.25) is 0 Å². The minimum absolute atomic E-state index is 0.0141. The molecule has 2 aromatic heterocycles. The lowest BCUT2D eigenvalue weighted by Gasteiger charge is -2.09. The Morgan fingerprint density at radius 2 is 1.62 bits per heavy atom. The number of hydrogen-bond donors (Lipinski definition) is 0. The fourth-order valence-electron chi connectivity index (χ4n) is 4.09. The number of carbonyl (C=O) groups is 2. The van der Waals surface area contributed by atoms with E-state index in [4.69, 9.17) is 14.7 Å². The first-order valence-corrected chi connectivity index (χ1v) is 10.4. The molecule has 0 atom stereocenters. The average Bonchev–Trinajstić information content (AvgIpc) is 3.28. The van der Waals surface area contributed by atoms with Crippen molar-refractivity contribution < 1.29 is 14.3 Å². The van der Waals surface area contributed by atoms with Crippen LogP contribution in [0, 0.1) is 6.92 Å². The van der Waals surface area contributed by atoms with Gasteiger partial charge in [0.25, 0.3) is 0 Å². The van der Waals surface area contributed by atoms with E-state index in [1.54, 1.807) is 11.6 Å². The Bertz CT molecular complexity index is 1430. The maximum Gasteiger partial charge on any atom is 0.342 e. The Morgan fingerprint density at radius 3 is 2.31 bits per heavy atom. The largest absolute Gasteiger partial charge is 0.462 e. The number of aryl methyl sites for hydroxylation is 1. The van der Waals surface area contributed by atoms with E-state index in [2.05, 4.69) is 5.10 Å². The lowest BCUT2D eigenvalue weighted by molar-refractivity contribution is -0.139. The summed E-state index contributed by atoms with van der Waals surface area (Å²) in [7, 11) is 0. The molecule has 0 unspecified atom stereocenters. The molecule has 1 aliphatic rings. The first-order valence-electron chi connectivity index (χ1n) is 10.4. The van der Waals surface area contributed by atoms with Gasteiger partial charge >= 0.3 is 5.97 Å². The standard InChI is InChI=1S/C25H20N4O3/c1-4-32-25(31)19(15(3)30)20-17-12-8-9-13-18(17)22-23(20)26-21-14(2)28-29(24(21)27-22)16-10-6-5-7-11-16/h5-13H,4H2,1-3H3/b20-19-. The quantitative estimate of drug-likeness (QED) is 0.187. The van der Waals surface area contributed by atoms with Crippen LogP contribution in [0.3, 0.4) is 0 Å². The summed E-state index contributed by atoms with van der Waals surface area (Å²) in [6.45, 7) is 5.11. The average molecular weight is 424 g/mol. The highest BCUT2D eigenvalue weighted by Gasteiger charge is 2.34. The number of rotatable bonds is 4. The normalized spacial score (nSPS) is 13.6. The first kappa shape index (κ1) is 19.8. The van der Waals surface area contributed by atoms with E-state index < -0.39 is 5.97 Å². The van der Waals surface area contributed by atoms with Crippen molar-refractivity contribution >= 4 is 28.5 Å². The van der Waals surface area contributed by atoms with Crippen molar-refractivity contribution in [2.24, 2.45) is 0 Å². The molecule has 5 rings (SSSR count). The number of hydrogen-bond acceptors (Lipinski definition) is 6. The van der Waals surface area contributed by atoms with Gasteiger partial charge in [0.05, 0.1) is 29.4 Å². The Kier molecular flexibility index (Phi) is 4.66. The molecular formula is C25H20N4O3. The second-order valence-corrected chi connectivity index (χ2v) is 7.50. The number of fused-ring (bicyclic) bond motifs is 4. The predicted molar refractivity (Wildman–Crippen MR) is 120 cm³/mol. The van der Waals surface area contributed by atoms with Gasteiger partial charge in [-0.1, -0.05) is 42.5 Å². The number of ketones is 1. The molecule has 7 nitrogen and oxygen atoms in total. The summed E-state index contributed by atoms with van der Waals surface area (Å²) < 4.78 is 6.96. The van der Waals surface area contributed by atoms with Crippen molar-refractivity contribution in [3.05, 3.63) is 77.1 Å². The molecule has 4 aromatic rings. The molecule has 158 valence electrons. The molecule has 32 heavy (non-hydrogen) atoms. The van der Waals surface area contributed by atoms with Gasteiger partial charge in [0.2, 0.25) is 0 Å². The van der Waals surface area contributed by atoms with Crippen molar-refractivity contribution in [1.82, 2.24) is 19.7 Å². The summed E-state index contributed by atoms with van der Waals surface area (Å²) in [5.74, 6) is -1.03. The zero-order chi connectivity index (χ0) is 22.4. The van der Waals surface area contributed by atoms with Crippen LogP contribution in [0.25, 0.3) is 33.7 Å². The molecule has 0 amide bonds. The SMILES string of the molecule is CCOC(=O)/C(C(C)=O)=C1/c2ccccc2-c2nc3c(nc21)c(C)nn3-c1ccccc1. The van der Waals surface area contributed by atoms with Crippen molar-refractivity contribution in [3.63, 3.8) is 0 Å². The van der Waals surface area contributed by atoms with Crippen LogP contribution in [0.4, 0.5) is 0 Å². The molecular weight excluding hydrogens is 404 g/mol. The molecule has 7 heteroatoms. The van der Waals surface area contributed by atoms with Crippen LogP contribution in [0.1, 0.15) is 30.8 Å². The van der Waals surface area contributed by atoms with Crippen LogP contribution in [-0.4, -0.2) is 38.1 Å². The van der Waals surface area contributed by atoms with E-state index in [1.807, 2.05) is 61.5 Å². The van der Waals surface area contributed by atoms with Gasteiger partial charge in [-0.15, -0.1) is 0 Å². The summed E-state index contributed by atoms with van der Waals surface area (Å²) in [6.07, 6.45) is 0. The Morgan fingerprint density at radius 1 is 0.938 bits per heavy atom. The van der Waals surface area contributed by atoms with Crippen LogP contribution >= 0.6 is 0 Å². The van der Waals surface area contributed by atoms with Gasteiger partial charge in [0.1, 0.15) is 11.1 Å². The Hall–Kier alpha value is -4.13. The van der Waals surface area contributed by atoms with Crippen molar-refractivity contribution in [2.45, 2.75) is 20.8 Å². The number of benzene rings is 2. The summed E-state index contributed by atoms with van der Waals surface area (Å²) in [5, 5.41) is 4.64. The lowest BCUT2D eigenvalue weighted by atomic mass is 9.98. The molecule has 0 bridgehead atoms. The zero-order valence-electron chi connectivity index (χ0n) is 17.9. The Balaban J connectivity index is 1.86. The van der Waals surface area contributed by atoms with Crippen LogP contribution in [-0.2, 0) is 14.3 Å². The third-order valence-corrected chi connectivity index (χ3v) is 5.44. The highest BCUT2D eigenvalue weighted by atomic mass is 16.5. The number of nitrogens with zero attached hydrogens (tertiary/aromatic N) is 4. The number of para-hydroxylation sites is 1. The molecule has 2 heterocycles. The summed E-state index contributed by atoms with van der Waals surface area (Å²) in [4.78, 5) is 35.1. The lowest BCUT2D eigenvalue weighted by Crippen LogP contribution is -2.16. The maximum atomic E-state index is 12.7. The number of Topliss-reactive ketones (excluding diaryl/α,β-unsaturated/α-hetero) is 1. The minimum atomic E-state index is -0.656. The number of aromatic nitrogens is 4. The molecule has 0 aliphatic heterocycles. The van der Waals surface area contributed by atoms with Gasteiger partial charge in [-0.2, -0.15) is 5.10 Å².